The largest absolute Gasteiger partial charge is 0.492 e. The van der Waals surface area contributed by atoms with Gasteiger partial charge in [-0.1, -0.05) is 18.2 Å². The lowest BCUT2D eigenvalue weighted by Gasteiger charge is -2.13. The van der Waals surface area contributed by atoms with Gasteiger partial charge in [0.25, 0.3) is 11.1 Å². The van der Waals surface area contributed by atoms with Crippen LogP contribution in [0.3, 0.4) is 0 Å². The minimum Gasteiger partial charge on any atom is -0.492 e. The van der Waals surface area contributed by atoms with E-state index in [9.17, 15) is 18.8 Å². The predicted molar refractivity (Wildman–Crippen MR) is 114 cm³/mol. The Bertz CT molecular complexity index is 1200. The van der Waals surface area contributed by atoms with E-state index in [-0.39, 0.29) is 30.4 Å². The second-order valence-corrected chi connectivity index (χ2v) is 7.75. The molecule has 0 spiro atoms. The first-order valence-corrected chi connectivity index (χ1v) is 10.2. The predicted octanol–water partition coefficient (Wildman–Crippen LogP) is 3.98. The van der Waals surface area contributed by atoms with E-state index in [0.717, 1.165) is 27.6 Å². The van der Waals surface area contributed by atoms with Crippen molar-refractivity contribution in [1.29, 1.82) is 0 Å². The van der Waals surface area contributed by atoms with Crippen molar-refractivity contribution in [2.45, 2.75) is 6.54 Å². The number of carboxylic acid groups (broad SMARTS) is 1. The number of fused-ring (bicyclic) bond motifs is 1. The highest BCUT2D eigenvalue weighted by Gasteiger charge is 2.35. The van der Waals surface area contributed by atoms with Gasteiger partial charge in [0, 0.05) is 22.7 Å². The van der Waals surface area contributed by atoms with Crippen molar-refractivity contribution < 1.29 is 28.6 Å². The van der Waals surface area contributed by atoms with Crippen molar-refractivity contribution in [3.63, 3.8) is 0 Å². The first-order chi connectivity index (χ1) is 14.9. The molecule has 0 aliphatic carbocycles. The number of benzene rings is 2. The van der Waals surface area contributed by atoms with Crippen molar-refractivity contribution in [1.82, 2.24) is 9.47 Å². The number of nitrogens with zero attached hydrogens (tertiary/aromatic N) is 2. The van der Waals surface area contributed by atoms with E-state index in [2.05, 4.69) is 0 Å². The van der Waals surface area contributed by atoms with Crippen LogP contribution in [0.15, 0.2) is 59.6 Å². The normalized spacial score (nSPS) is 15.3. The molecule has 1 N–H and O–H groups in total. The highest BCUT2D eigenvalue weighted by Crippen LogP contribution is 2.34. The maximum absolute atomic E-state index is 12.9. The monoisotopic (exact) mass is 440 g/mol. The smallest absolute Gasteiger partial charge is 0.323 e. The molecule has 1 aliphatic rings. The number of aliphatic carboxylic acids is 1. The number of rotatable bonds is 7. The summed E-state index contributed by atoms with van der Waals surface area (Å²) in [5.74, 6) is -1.36. The summed E-state index contributed by atoms with van der Waals surface area (Å²) in [4.78, 5) is 37.6. The number of thioether (sulfide) groups is 1. The first-order valence-electron chi connectivity index (χ1n) is 9.36. The van der Waals surface area contributed by atoms with Crippen molar-refractivity contribution >= 4 is 45.9 Å². The first kappa shape index (κ1) is 20.7. The van der Waals surface area contributed by atoms with E-state index in [1.807, 2.05) is 12.1 Å². The number of carbonyl (C=O) groups excluding carboxylic acids is 2. The molecule has 0 atom stereocenters. The molecule has 0 saturated carbocycles. The van der Waals surface area contributed by atoms with Gasteiger partial charge in [-0.05, 0) is 48.2 Å². The van der Waals surface area contributed by atoms with Crippen LogP contribution < -0.4 is 4.74 Å². The fourth-order valence-corrected chi connectivity index (χ4v) is 4.14. The lowest BCUT2D eigenvalue weighted by Crippen LogP contribution is -2.32. The lowest BCUT2D eigenvalue weighted by atomic mass is 10.1. The number of aromatic nitrogens is 1. The standard InChI is InChI=1S/C22H17FN2O5S/c23-15-5-7-16(8-6-15)30-10-9-25-21(28)19(31-22(25)29)11-14-12-24(13-20(26)27)18-4-2-1-3-17(14)18/h1-8,11-12H,9-10,13H2,(H,26,27)/b19-11-. The summed E-state index contributed by atoms with van der Waals surface area (Å²) in [6.45, 7) is -0.0778. The van der Waals surface area contributed by atoms with Gasteiger partial charge >= 0.3 is 5.97 Å². The van der Waals surface area contributed by atoms with E-state index >= 15 is 0 Å². The Balaban J connectivity index is 1.50. The summed E-state index contributed by atoms with van der Waals surface area (Å²) >= 11 is 0.824. The summed E-state index contributed by atoms with van der Waals surface area (Å²) in [6, 6.07) is 12.7. The van der Waals surface area contributed by atoms with Gasteiger partial charge in [-0.25, -0.2) is 4.39 Å². The van der Waals surface area contributed by atoms with E-state index < -0.39 is 17.1 Å². The summed E-state index contributed by atoms with van der Waals surface area (Å²) < 4.78 is 20.0. The van der Waals surface area contributed by atoms with Crippen LogP contribution in [0, 0.1) is 5.82 Å². The van der Waals surface area contributed by atoms with Gasteiger partial charge in [-0.15, -0.1) is 0 Å². The van der Waals surface area contributed by atoms with Gasteiger partial charge in [0.1, 0.15) is 24.7 Å². The lowest BCUT2D eigenvalue weighted by molar-refractivity contribution is -0.137. The Hall–Kier alpha value is -3.59. The summed E-state index contributed by atoms with van der Waals surface area (Å²) in [5, 5.41) is 9.51. The van der Waals surface area contributed by atoms with Gasteiger partial charge in [-0.2, -0.15) is 0 Å². The number of amides is 2. The highest BCUT2D eigenvalue weighted by atomic mass is 32.2. The van der Waals surface area contributed by atoms with E-state index in [0.29, 0.717) is 11.3 Å². The third kappa shape index (κ3) is 4.46. The zero-order valence-corrected chi connectivity index (χ0v) is 17.0. The molecular formula is C22H17FN2O5S. The average Bonchev–Trinajstić information content (AvgIpc) is 3.21. The van der Waals surface area contributed by atoms with Crippen LogP contribution in [0.1, 0.15) is 5.56 Å². The minimum atomic E-state index is -0.978. The Labute approximate surface area is 180 Å². The molecule has 9 heteroatoms. The third-order valence-corrected chi connectivity index (χ3v) is 5.59. The van der Waals surface area contributed by atoms with Gasteiger partial charge in [0.15, 0.2) is 0 Å². The molecule has 1 fully saturated rings. The summed E-state index contributed by atoms with van der Waals surface area (Å²) in [6.07, 6.45) is 3.26. The van der Waals surface area contributed by atoms with E-state index in [4.69, 9.17) is 9.84 Å². The zero-order chi connectivity index (χ0) is 22.0. The van der Waals surface area contributed by atoms with E-state index in [1.54, 1.807) is 29.0 Å². The molecule has 1 aliphatic heterocycles. The Morgan fingerprint density at radius 3 is 2.61 bits per heavy atom. The second kappa shape index (κ2) is 8.65. The molecule has 2 aromatic carbocycles. The van der Waals surface area contributed by atoms with Crippen LogP contribution in [0.2, 0.25) is 0 Å². The molecule has 4 rings (SSSR count). The molecule has 1 saturated heterocycles. The van der Waals surface area contributed by atoms with Crippen molar-refractivity contribution in [2.75, 3.05) is 13.2 Å². The van der Waals surface area contributed by atoms with E-state index in [1.165, 1.54) is 24.3 Å². The van der Waals surface area contributed by atoms with Crippen LogP contribution in [-0.4, -0.2) is 44.8 Å². The van der Waals surface area contributed by atoms with Crippen LogP contribution in [0.5, 0.6) is 5.75 Å². The summed E-state index contributed by atoms with van der Waals surface area (Å²) in [7, 11) is 0. The van der Waals surface area contributed by atoms with Crippen LogP contribution in [0.4, 0.5) is 9.18 Å². The quantitative estimate of drug-likeness (QED) is 0.559. The zero-order valence-electron chi connectivity index (χ0n) is 16.2. The van der Waals surface area contributed by atoms with Gasteiger partial charge < -0.3 is 14.4 Å². The molecule has 0 radical (unpaired) electrons. The molecule has 2 amide bonds. The molecule has 0 unspecified atom stereocenters. The Morgan fingerprint density at radius 2 is 1.87 bits per heavy atom. The number of ether oxygens (including phenoxy) is 1. The van der Waals surface area contributed by atoms with Gasteiger partial charge in [-0.3, -0.25) is 19.3 Å². The highest BCUT2D eigenvalue weighted by molar-refractivity contribution is 8.18. The molecule has 2 heterocycles. The fraction of sp³-hybridized carbons (Fsp3) is 0.136. The summed E-state index contributed by atoms with van der Waals surface area (Å²) in [5.41, 5.74) is 1.38. The Kier molecular flexibility index (Phi) is 5.77. The van der Waals surface area contributed by atoms with Crippen LogP contribution in [-0.2, 0) is 16.1 Å². The number of imide groups is 1. The minimum absolute atomic E-state index is 0.0557. The maximum atomic E-state index is 12.9. The average molecular weight is 440 g/mol. The molecule has 3 aromatic rings. The number of para-hydroxylation sites is 1. The molecule has 158 valence electrons. The maximum Gasteiger partial charge on any atom is 0.323 e. The molecule has 1 aromatic heterocycles. The molecular weight excluding hydrogens is 423 g/mol. The topological polar surface area (TPSA) is 88.8 Å². The SMILES string of the molecule is O=C(O)Cn1cc(/C=C2\SC(=O)N(CCOc3ccc(F)cc3)C2=O)c2ccccc21. The van der Waals surface area contributed by atoms with Crippen LogP contribution in [0.25, 0.3) is 17.0 Å². The van der Waals surface area contributed by atoms with Gasteiger partial charge in [0.05, 0.1) is 11.4 Å². The number of hydrogen-bond acceptors (Lipinski definition) is 5. The van der Waals surface area contributed by atoms with Crippen LogP contribution >= 0.6 is 11.8 Å². The molecule has 7 nitrogen and oxygen atoms in total. The number of hydrogen-bond donors (Lipinski definition) is 1. The molecule has 31 heavy (non-hydrogen) atoms. The fourth-order valence-electron chi connectivity index (χ4n) is 3.29. The van der Waals surface area contributed by atoms with Gasteiger partial charge in [0.2, 0.25) is 0 Å². The number of carboxylic acids is 1. The number of carbonyl (C=O) groups is 3. The van der Waals surface area contributed by atoms with Crippen molar-refractivity contribution in [3.8, 4) is 5.75 Å². The number of halogens is 1. The van der Waals surface area contributed by atoms with Crippen molar-refractivity contribution in [2.24, 2.45) is 0 Å². The van der Waals surface area contributed by atoms with Crippen molar-refractivity contribution in [3.05, 3.63) is 71.0 Å². The Morgan fingerprint density at radius 1 is 1.13 bits per heavy atom. The molecule has 0 bridgehead atoms. The third-order valence-electron chi connectivity index (χ3n) is 4.68. The second-order valence-electron chi connectivity index (χ2n) is 6.76.